The molecule has 1 aromatic carbocycles. The molecule has 0 aromatic heterocycles. The number of carbonyl (C=O) groups is 1. The molecular formula is C16H23O4-. The molecule has 20 heavy (non-hydrogen) atoms. The zero-order valence-electron chi connectivity index (χ0n) is 12.3. The molecule has 0 amide bonds. The molecule has 0 aliphatic heterocycles. The zero-order valence-corrected chi connectivity index (χ0v) is 12.3. The number of methoxy groups -OCH3 is 1. The summed E-state index contributed by atoms with van der Waals surface area (Å²) in [6.45, 7) is 2.85. The van der Waals surface area contributed by atoms with Gasteiger partial charge in [-0.2, -0.15) is 0 Å². The van der Waals surface area contributed by atoms with Gasteiger partial charge >= 0.3 is 0 Å². The van der Waals surface area contributed by atoms with Crippen LogP contribution in [0.15, 0.2) is 18.2 Å². The van der Waals surface area contributed by atoms with E-state index in [1.807, 2.05) is 18.2 Å². The zero-order chi connectivity index (χ0) is 14.8. The average molecular weight is 279 g/mol. The molecule has 0 aliphatic carbocycles. The van der Waals surface area contributed by atoms with E-state index in [-0.39, 0.29) is 6.42 Å². The highest BCUT2D eigenvalue weighted by atomic mass is 16.5. The van der Waals surface area contributed by atoms with Crippen LogP contribution in [0, 0.1) is 0 Å². The summed E-state index contributed by atoms with van der Waals surface area (Å²) < 4.78 is 11.0. The molecule has 112 valence electrons. The number of aryl methyl sites for hydroxylation is 1. The van der Waals surface area contributed by atoms with E-state index in [0.29, 0.717) is 24.5 Å². The van der Waals surface area contributed by atoms with Crippen molar-refractivity contribution in [1.29, 1.82) is 0 Å². The molecule has 0 radical (unpaired) electrons. The van der Waals surface area contributed by atoms with Crippen LogP contribution in [0.2, 0.25) is 0 Å². The third kappa shape index (κ3) is 5.95. The van der Waals surface area contributed by atoms with Crippen molar-refractivity contribution in [2.45, 2.75) is 45.4 Å². The highest BCUT2D eigenvalue weighted by molar-refractivity contribution is 5.64. The molecule has 0 spiro atoms. The van der Waals surface area contributed by atoms with Gasteiger partial charge in [-0.1, -0.05) is 32.3 Å². The number of carbonyl (C=O) groups excluding carboxylic acids is 1. The van der Waals surface area contributed by atoms with E-state index in [4.69, 9.17) is 9.47 Å². The monoisotopic (exact) mass is 279 g/mol. The molecular weight excluding hydrogens is 256 g/mol. The van der Waals surface area contributed by atoms with E-state index < -0.39 is 5.97 Å². The van der Waals surface area contributed by atoms with Gasteiger partial charge in [-0.05, 0) is 37.0 Å². The lowest BCUT2D eigenvalue weighted by Crippen LogP contribution is -2.22. The molecule has 0 saturated carbocycles. The summed E-state index contributed by atoms with van der Waals surface area (Å²) in [5.41, 5.74) is 0.907. The number of aliphatic carboxylic acids is 1. The number of ether oxygens (including phenoxy) is 2. The average Bonchev–Trinajstić information content (AvgIpc) is 2.45. The van der Waals surface area contributed by atoms with E-state index in [1.165, 1.54) is 19.3 Å². The second-order valence-electron chi connectivity index (χ2n) is 4.77. The van der Waals surface area contributed by atoms with Crippen LogP contribution in [0.1, 0.15) is 44.6 Å². The Morgan fingerprint density at radius 1 is 1.20 bits per heavy atom. The number of rotatable bonds is 10. The van der Waals surface area contributed by atoms with Crippen LogP contribution in [0.3, 0.4) is 0 Å². The van der Waals surface area contributed by atoms with Gasteiger partial charge in [0.05, 0.1) is 13.7 Å². The molecule has 0 bridgehead atoms. The molecule has 1 rings (SSSR count). The van der Waals surface area contributed by atoms with E-state index in [9.17, 15) is 9.90 Å². The van der Waals surface area contributed by atoms with Crippen molar-refractivity contribution in [1.82, 2.24) is 0 Å². The van der Waals surface area contributed by atoms with Crippen molar-refractivity contribution < 1.29 is 19.4 Å². The van der Waals surface area contributed by atoms with Crippen molar-refractivity contribution in [3.8, 4) is 11.5 Å². The van der Waals surface area contributed by atoms with Gasteiger partial charge in [0, 0.05) is 5.97 Å². The molecule has 4 nitrogen and oxygen atoms in total. The Labute approximate surface area is 120 Å². The Morgan fingerprint density at radius 2 is 2.00 bits per heavy atom. The second kappa shape index (κ2) is 9.23. The molecule has 0 saturated heterocycles. The fraction of sp³-hybridized carbons (Fsp3) is 0.562. The third-order valence-corrected chi connectivity index (χ3v) is 3.10. The molecule has 1 aromatic rings. The van der Waals surface area contributed by atoms with Gasteiger partial charge in [0.25, 0.3) is 0 Å². The maximum absolute atomic E-state index is 10.5. The minimum absolute atomic E-state index is 0.0143. The van der Waals surface area contributed by atoms with Gasteiger partial charge < -0.3 is 19.4 Å². The van der Waals surface area contributed by atoms with Gasteiger partial charge in [0.15, 0.2) is 11.5 Å². The minimum atomic E-state index is -1.04. The Hall–Kier alpha value is -1.71. The molecule has 0 fully saturated rings. The Bertz CT molecular complexity index is 415. The standard InChI is InChI=1S/C16H24O4/c1-3-4-5-6-11-20-14-9-7-13(8-10-16(17)18)12-15(14)19-2/h7,9,12H,3-6,8,10-11H2,1-2H3,(H,17,18)/p-1. The van der Waals surface area contributed by atoms with Crippen molar-refractivity contribution in [3.05, 3.63) is 23.8 Å². The topological polar surface area (TPSA) is 58.6 Å². The number of benzene rings is 1. The van der Waals surface area contributed by atoms with E-state index >= 15 is 0 Å². The van der Waals surface area contributed by atoms with Crippen molar-refractivity contribution in [2.75, 3.05) is 13.7 Å². The third-order valence-electron chi connectivity index (χ3n) is 3.10. The van der Waals surface area contributed by atoms with Crippen LogP contribution in [-0.4, -0.2) is 19.7 Å². The minimum Gasteiger partial charge on any atom is -0.550 e. The van der Waals surface area contributed by atoms with Crippen LogP contribution < -0.4 is 14.6 Å². The lowest BCUT2D eigenvalue weighted by molar-refractivity contribution is -0.305. The van der Waals surface area contributed by atoms with Crippen molar-refractivity contribution >= 4 is 5.97 Å². The number of hydrogen-bond acceptors (Lipinski definition) is 4. The highest BCUT2D eigenvalue weighted by Gasteiger charge is 2.06. The Morgan fingerprint density at radius 3 is 2.65 bits per heavy atom. The van der Waals surface area contributed by atoms with Crippen LogP contribution >= 0.6 is 0 Å². The summed E-state index contributed by atoms with van der Waals surface area (Å²) >= 11 is 0. The summed E-state index contributed by atoms with van der Waals surface area (Å²) in [7, 11) is 1.59. The van der Waals surface area contributed by atoms with Gasteiger partial charge in [-0.3, -0.25) is 0 Å². The quantitative estimate of drug-likeness (QED) is 0.617. The highest BCUT2D eigenvalue weighted by Crippen LogP contribution is 2.28. The van der Waals surface area contributed by atoms with E-state index in [2.05, 4.69) is 6.92 Å². The largest absolute Gasteiger partial charge is 0.550 e. The second-order valence-corrected chi connectivity index (χ2v) is 4.77. The first-order valence-corrected chi connectivity index (χ1v) is 7.17. The molecule has 0 aliphatic rings. The first-order valence-electron chi connectivity index (χ1n) is 7.17. The van der Waals surface area contributed by atoms with Gasteiger partial charge in [-0.15, -0.1) is 0 Å². The van der Waals surface area contributed by atoms with Crippen molar-refractivity contribution in [3.63, 3.8) is 0 Å². The van der Waals surface area contributed by atoms with Crippen LogP contribution in [-0.2, 0) is 11.2 Å². The predicted octanol–water partition coefficient (Wildman–Crippen LogP) is 2.34. The fourth-order valence-electron chi connectivity index (χ4n) is 1.94. The Kier molecular flexibility index (Phi) is 7.55. The smallest absolute Gasteiger partial charge is 0.161 e. The number of hydrogen-bond donors (Lipinski definition) is 0. The van der Waals surface area contributed by atoms with Crippen LogP contribution in [0.5, 0.6) is 11.5 Å². The molecule has 0 unspecified atom stereocenters. The lowest BCUT2D eigenvalue weighted by atomic mass is 10.1. The van der Waals surface area contributed by atoms with Crippen LogP contribution in [0.4, 0.5) is 0 Å². The van der Waals surface area contributed by atoms with E-state index in [0.717, 1.165) is 12.0 Å². The lowest BCUT2D eigenvalue weighted by Gasteiger charge is -2.12. The first-order chi connectivity index (χ1) is 9.67. The predicted molar refractivity (Wildman–Crippen MR) is 76.0 cm³/mol. The summed E-state index contributed by atoms with van der Waals surface area (Å²) in [6, 6.07) is 5.53. The SMILES string of the molecule is CCCCCCOc1ccc(CCC(=O)[O-])cc1OC. The molecule has 0 N–H and O–H groups in total. The first kappa shape index (κ1) is 16.3. The van der Waals surface area contributed by atoms with Crippen molar-refractivity contribution in [2.24, 2.45) is 0 Å². The molecule has 0 heterocycles. The summed E-state index contributed by atoms with van der Waals surface area (Å²) in [4.78, 5) is 10.5. The van der Waals surface area contributed by atoms with Crippen LogP contribution in [0.25, 0.3) is 0 Å². The summed E-state index contributed by atoms with van der Waals surface area (Å²) in [6.07, 6.45) is 5.08. The van der Waals surface area contributed by atoms with E-state index in [1.54, 1.807) is 7.11 Å². The number of carboxylic acids is 1. The normalized spacial score (nSPS) is 10.3. The Balaban J connectivity index is 2.52. The van der Waals surface area contributed by atoms with Gasteiger partial charge in [0.1, 0.15) is 0 Å². The maximum Gasteiger partial charge on any atom is 0.161 e. The number of unbranched alkanes of at least 4 members (excludes halogenated alkanes) is 3. The van der Waals surface area contributed by atoms with Gasteiger partial charge in [0.2, 0.25) is 0 Å². The summed E-state index contributed by atoms with van der Waals surface area (Å²) in [5, 5.41) is 10.5. The fourth-order valence-corrected chi connectivity index (χ4v) is 1.94. The summed E-state index contributed by atoms with van der Waals surface area (Å²) in [5.74, 6) is 0.317. The van der Waals surface area contributed by atoms with Gasteiger partial charge in [-0.25, -0.2) is 0 Å². The molecule has 0 atom stereocenters. The number of carboxylic acid groups (broad SMARTS) is 1. The maximum atomic E-state index is 10.5. The molecule has 4 heteroatoms.